The molecule has 0 spiro atoms. The van der Waals surface area contributed by atoms with Crippen LogP contribution in [0.2, 0.25) is 0 Å². The number of ketones is 1. The monoisotopic (exact) mass is 459 g/mol. The zero-order valence-corrected chi connectivity index (χ0v) is 19.8. The zero-order chi connectivity index (χ0) is 23.6. The molecule has 4 fully saturated rings. The van der Waals surface area contributed by atoms with Crippen molar-refractivity contribution < 1.29 is 4.79 Å². The van der Waals surface area contributed by atoms with Gasteiger partial charge < -0.3 is 15.5 Å². The minimum atomic E-state index is -0.243. The van der Waals surface area contributed by atoms with E-state index in [0.29, 0.717) is 34.8 Å². The number of aromatic nitrogens is 4. The number of fused-ring (bicyclic) bond motifs is 1. The number of carbonyl (C=O) groups is 1. The molecule has 9 heteroatoms. The lowest BCUT2D eigenvalue weighted by atomic mass is 9.42. The number of piperazine rings is 1. The Hall–Kier alpha value is -3.33. The van der Waals surface area contributed by atoms with E-state index in [1.54, 1.807) is 10.8 Å². The molecule has 1 aliphatic heterocycles. The number of anilines is 3. The molecule has 4 aliphatic rings. The van der Waals surface area contributed by atoms with Crippen LogP contribution in [-0.2, 0) is 5.54 Å². The summed E-state index contributed by atoms with van der Waals surface area (Å²) in [5.74, 6) is 1.87. The van der Waals surface area contributed by atoms with E-state index in [1.165, 1.54) is 6.92 Å². The van der Waals surface area contributed by atoms with Gasteiger partial charge in [-0.05, 0) is 56.2 Å². The number of Topliss-reactive ketones (excluding diaryl/α,β-unsaturated/α-hetero) is 1. The minimum absolute atomic E-state index is 0.214. The second-order valence-electron chi connectivity index (χ2n) is 9.95. The van der Waals surface area contributed by atoms with Crippen molar-refractivity contribution in [2.45, 2.75) is 39.2 Å². The predicted molar refractivity (Wildman–Crippen MR) is 131 cm³/mol. The summed E-state index contributed by atoms with van der Waals surface area (Å²) in [5, 5.41) is 7.30. The molecule has 3 aromatic heterocycles. The molecule has 3 aromatic rings. The van der Waals surface area contributed by atoms with Crippen molar-refractivity contribution in [2.24, 2.45) is 11.8 Å². The van der Waals surface area contributed by atoms with Crippen molar-refractivity contribution in [1.82, 2.24) is 24.8 Å². The number of nitrogens with zero attached hydrogens (tertiary/aromatic N) is 5. The highest BCUT2D eigenvalue weighted by Gasteiger charge is 2.65. The van der Waals surface area contributed by atoms with E-state index in [9.17, 15) is 9.59 Å². The number of aryl methyl sites for hydroxylation is 1. The first-order chi connectivity index (χ1) is 16.4. The molecule has 3 saturated carbocycles. The molecule has 2 N–H and O–H groups in total. The van der Waals surface area contributed by atoms with Crippen LogP contribution in [0.25, 0.3) is 11.0 Å². The Labute approximate surface area is 197 Å². The molecule has 34 heavy (non-hydrogen) atoms. The van der Waals surface area contributed by atoms with Crippen molar-refractivity contribution in [2.75, 3.05) is 36.4 Å². The van der Waals surface area contributed by atoms with Crippen LogP contribution >= 0.6 is 0 Å². The molecular weight excluding hydrogens is 430 g/mol. The zero-order valence-electron chi connectivity index (χ0n) is 19.8. The maximum absolute atomic E-state index is 13.6. The molecule has 0 unspecified atom stereocenters. The third-order valence-electron chi connectivity index (χ3n) is 8.23. The number of hydrogen-bond donors (Lipinski definition) is 2. The quantitative estimate of drug-likeness (QED) is 0.561. The first-order valence-electron chi connectivity index (χ1n) is 12.0. The molecule has 0 amide bonds. The fourth-order valence-corrected chi connectivity index (χ4v) is 5.96. The summed E-state index contributed by atoms with van der Waals surface area (Å²) >= 11 is 0. The van der Waals surface area contributed by atoms with Crippen LogP contribution < -0.4 is 21.1 Å². The molecule has 2 bridgehead atoms. The van der Waals surface area contributed by atoms with E-state index < -0.39 is 0 Å². The first-order valence-corrected chi connectivity index (χ1v) is 12.0. The standard InChI is InChI=1S/C25H29N7O2/c1-14-19-13-28-24(29-20-5-4-18(12-27-20)31-8-6-26-7-9-31)30-22(19)32(23(34)21(14)16(3)33)25-10-17(11-25)15(25)2/h4-5,12-13,15,17,26H,6-11H2,1-3H3,(H,27,28,29,30)/t15-,17?,25?/m1/s1. The van der Waals surface area contributed by atoms with Gasteiger partial charge in [-0.15, -0.1) is 0 Å². The van der Waals surface area contributed by atoms with Crippen LogP contribution in [-0.4, -0.2) is 51.5 Å². The van der Waals surface area contributed by atoms with E-state index >= 15 is 0 Å². The van der Waals surface area contributed by atoms with Crippen LogP contribution in [0.1, 0.15) is 42.6 Å². The van der Waals surface area contributed by atoms with Gasteiger partial charge in [-0.25, -0.2) is 9.97 Å². The molecule has 9 nitrogen and oxygen atoms in total. The largest absolute Gasteiger partial charge is 0.368 e. The molecule has 1 saturated heterocycles. The van der Waals surface area contributed by atoms with Crippen molar-refractivity contribution >= 4 is 34.3 Å². The third-order valence-corrected chi connectivity index (χ3v) is 8.23. The smallest absolute Gasteiger partial charge is 0.263 e. The Morgan fingerprint density at radius 1 is 1.18 bits per heavy atom. The summed E-state index contributed by atoms with van der Waals surface area (Å²) in [5.41, 5.74) is 2.10. The Morgan fingerprint density at radius 3 is 2.53 bits per heavy atom. The molecule has 1 atom stereocenters. The normalized spacial score (nSPS) is 25.6. The van der Waals surface area contributed by atoms with Gasteiger partial charge in [-0.2, -0.15) is 4.98 Å². The van der Waals surface area contributed by atoms with Gasteiger partial charge in [0.05, 0.1) is 23.0 Å². The highest BCUT2D eigenvalue weighted by molar-refractivity contribution is 5.99. The fraction of sp³-hybridized carbons (Fsp3) is 0.480. The van der Waals surface area contributed by atoms with E-state index in [0.717, 1.165) is 50.1 Å². The highest BCUT2D eigenvalue weighted by Crippen LogP contribution is 2.66. The van der Waals surface area contributed by atoms with Crippen LogP contribution in [0.4, 0.5) is 17.5 Å². The second-order valence-corrected chi connectivity index (χ2v) is 9.95. The summed E-state index contributed by atoms with van der Waals surface area (Å²) in [4.78, 5) is 42.1. The maximum atomic E-state index is 13.6. The Balaban J connectivity index is 1.39. The van der Waals surface area contributed by atoms with Gasteiger partial charge >= 0.3 is 0 Å². The lowest BCUT2D eigenvalue weighted by molar-refractivity contribution is -0.162. The number of pyridine rings is 2. The first kappa shape index (κ1) is 21.2. The van der Waals surface area contributed by atoms with Crippen LogP contribution in [0.3, 0.4) is 0 Å². The summed E-state index contributed by atoms with van der Waals surface area (Å²) in [6.07, 6.45) is 5.50. The fourth-order valence-electron chi connectivity index (χ4n) is 5.96. The topological polar surface area (TPSA) is 105 Å². The lowest BCUT2D eigenvalue weighted by Crippen LogP contribution is -2.69. The third kappa shape index (κ3) is 2.99. The van der Waals surface area contributed by atoms with E-state index in [4.69, 9.17) is 4.98 Å². The molecule has 0 aromatic carbocycles. The van der Waals surface area contributed by atoms with Gasteiger partial charge in [0, 0.05) is 37.8 Å². The summed E-state index contributed by atoms with van der Waals surface area (Å²) in [7, 11) is 0. The second kappa shape index (κ2) is 7.59. The lowest BCUT2D eigenvalue weighted by Gasteiger charge is -2.68. The average Bonchev–Trinajstić information content (AvgIpc) is 2.81. The van der Waals surface area contributed by atoms with Gasteiger partial charge in [0.2, 0.25) is 5.95 Å². The Kier molecular flexibility index (Phi) is 4.74. The van der Waals surface area contributed by atoms with Crippen molar-refractivity contribution in [3.05, 3.63) is 46.0 Å². The summed E-state index contributed by atoms with van der Waals surface area (Å²) in [6.45, 7) is 9.32. The van der Waals surface area contributed by atoms with Crippen molar-refractivity contribution in [3.8, 4) is 0 Å². The van der Waals surface area contributed by atoms with E-state index in [-0.39, 0.29) is 22.4 Å². The maximum Gasteiger partial charge on any atom is 0.263 e. The van der Waals surface area contributed by atoms with Gasteiger partial charge in [0.15, 0.2) is 5.78 Å². The molecule has 3 aliphatic carbocycles. The number of hydrogen-bond acceptors (Lipinski definition) is 8. The molecule has 4 heterocycles. The molecular formula is C25H29N7O2. The predicted octanol–water partition coefficient (Wildman–Crippen LogP) is 2.61. The molecule has 0 radical (unpaired) electrons. The van der Waals surface area contributed by atoms with Gasteiger partial charge in [0.1, 0.15) is 11.5 Å². The van der Waals surface area contributed by atoms with Crippen molar-refractivity contribution in [3.63, 3.8) is 0 Å². The van der Waals surface area contributed by atoms with Crippen molar-refractivity contribution in [1.29, 1.82) is 0 Å². The summed E-state index contributed by atoms with van der Waals surface area (Å²) < 4.78 is 1.80. The van der Waals surface area contributed by atoms with Crippen LogP contribution in [0.15, 0.2) is 29.3 Å². The molecule has 7 rings (SSSR count). The summed E-state index contributed by atoms with van der Waals surface area (Å²) in [6, 6.07) is 3.97. The molecule has 176 valence electrons. The highest BCUT2D eigenvalue weighted by atomic mass is 16.1. The Bertz CT molecular complexity index is 1350. The van der Waals surface area contributed by atoms with Crippen LogP contribution in [0.5, 0.6) is 0 Å². The SMILES string of the molecule is CC(=O)c1c(C)c2cnc(Nc3ccc(N4CCNCC4)cn3)nc2n(C23CC(C2)[C@H]3C)c1=O. The van der Waals surface area contributed by atoms with E-state index in [2.05, 4.69) is 32.4 Å². The Morgan fingerprint density at radius 2 is 1.94 bits per heavy atom. The number of rotatable bonds is 5. The minimum Gasteiger partial charge on any atom is -0.368 e. The van der Waals surface area contributed by atoms with Gasteiger partial charge in [-0.3, -0.25) is 14.2 Å². The van der Waals surface area contributed by atoms with Crippen LogP contribution in [0, 0.1) is 18.8 Å². The number of nitrogens with one attached hydrogen (secondary N) is 2. The van der Waals surface area contributed by atoms with E-state index in [1.807, 2.05) is 25.3 Å². The number of carbonyl (C=O) groups excluding carboxylic acids is 1. The average molecular weight is 460 g/mol. The van der Waals surface area contributed by atoms with Gasteiger partial charge in [-0.1, -0.05) is 6.92 Å². The van der Waals surface area contributed by atoms with Gasteiger partial charge in [0.25, 0.3) is 5.56 Å².